The van der Waals surface area contributed by atoms with Crippen molar-refractivity contribution >= 4 is 0 Å². The summed E-state index contributed by atoms with van der Waals surface area (Å²) in [5.41, 5.74) is 1.32. The second-order valence-electron chi connectivity index (χ2n) is 5.82. The molecule has 0 bridgehead atoms. The molecule has 0 unspecified atom stereocenters. The van der Waals surface area contributed by atoms with E-state index in [0.29, 0.717) is 5.92 Å². The summed E-state index contributed by atoms with van der Waals surface area (Å²) in [7, 11) is 0. The molecular formula is C15H23N5O. The average Bonchev–Trinajstić information content (AvgIpc) is 3.19. The van der Waals surface area contributed by atoms with Crippen LogP contribution in [0.2, 0.25) is 0 Å². The molecule has 1 saturated heterocycles. The van der Waals surface area contributed by atoms with Gasteiger partial charge in [-0.15, -0.1) is 0 Å². The van der Waals surface area contributed by atoms with Gasteiger partial charge in [0.25, 0.3) is 0 Å². The molecular weight excluding hydrogens is 266 g/mol. The highest BCUT2D eigenvalue weighted by Crippen LogP contribution is 2.31. The minimum absolute atomic E-state index is 0.202. The lowest BCUT2D eigenvalue weighted by Crippen LogP contribution is -2.35. The van der Waals surface area contributed by atoms with Crippen LogP contribution in [-0.4, -0.2) is 38.3 Å². The van der Waals surface area contributed by atoms with Gasteiger partial charge in [-0.1, -0.05) is 12.1 Å². The van der Waals surface area contributed by atoms with E-state index >= 15 is 0 Å². The van der Waals surface area contributed by atoms with E-state index < -0.39 is 0 Å². The molecule has 0 amide bonds. The van der Waals surface area contributed by atoms with Crippen LogP contribution in [-0.2, 0) is 6.42 Å². The zero-order valence-electron chi connectivity index (χ0n) is 12.7. The first-order valence-electron chi connectivity index (χ1n) is 7.83. The molecule has 114 valence electrons. The second kappa shape index (κ2) is 6.39. The van der Waals surface area contributed by atoms with E-state index in [2.05, 4.69) is 39.1 Å². The number of likely N-dealkylation sites (tertiary alicyclic amines) is 1. The molecule has 3 rings (SSSR count). The van der Waals surface area contributed by atoms with Crippen LogP contribution < -0.4 is 0 Å². The van der Waals surface area contributed by atoms with Gasteiger partial charge >= 0.3 is 0 Å². The maximum atomic E-state index is 5.41. The van der Waals surface area contributed by atoms with E-state index in [0.717, 1.165) is 50.5 Å². The van der Waals surface area contributed by atoms with Gasteiger partial charge in [-0.2, -0.15) is 10.1 Å². The van der Waals surface area contributed by atoms with Gasteiger partial charge < -0.3 is 4.52 Å². The number of hydrogen-bond acceptors (Lipinski definition) is 5. The van der Waals surface area contributed by atoms with E-state index in [1.165, 1.54) is 5.56 Å². The molecule has 0 radical (unpaired) electrons. The highest BCUT2D eigenvalue weighted by molar-refractivity contribution is 5.11. The molecule has 1 fully saturated rings. The zero-order chi connectivity index (χ0) is 14.7. The van der Waals surface area contributed by atoms with Crippen molar-refractivity contribution in [2.24, 2.45) is 0 Å². The van der Waals surface area contributed by atoms with Crippen LogP contribution in [0.15, 0.2) is 16.9 Å². The van der Waals surface area contributed by atoms with Gasteiger partial charge in [-0.3, -0.25) is 10.00 Å². The molecule has 1 aliphatic rings. The first kappa shape index (κ1) is 14.3. The average molecular weight is 289 g/mol. The highest BCUT2D eigenvalue weighted by atomic mass is 16.5. The van der Waals surface area contributed by atoms with Crippen molar-refractivity contribution in [3.05, 3.63) is 29.7 Å². The number of H-pyrrole nitrogens is 1. The van der Waals surface area contributed by atoms with Crippen LogP contribution in [0.25, 0.3) is 0 Å². The van der Waals surface area contributed by atoms with Gasteiger partial charge in [0.2, 0.25) is 5.89 Å². The number of aryl methyl sites for hydroxylation is 1. The van der Waals surface area contributed by atoms with Crippen LogP contribution in [0, 0.1) is 0 Å². The third-order valence-electron chi connectivity index (χ3n) is 4.38. The Morgan fingerprint density at radius 1 is 1.43 bits per heavy atom. The maximum Gasteiger partial charge on any atom is 0.243 e. The van der Waals surface area contributed by atoms with Crippen molar-refractivity contribution in [1.29, 1.82) is 0 Å². The van der Waals surface area contributed by atoms with E-state index in [4.69, 9.17) is 4.52 Å². The Kier molecular flexibility index (Phi) is 4.34. The third kappa shape index (κ3) is 3.15. The fourth-order valence-electron chi connectivity index (χ4n) is 3.02. The van der Waals surface area contributed by atoms with Gasteiger partial charge in [0.1, 0.15) is 0 Å². The third-order valence-corrected chi connectivity index (χ3v) is 4.38. The Morgan fingerprint density at radius 3 is 2.90 bits per heavy atom. The minimum atomic E-state index is 0.202. The number of piperidine rings is 1. The summed E-state index contributed by atoms with van der Waals surface area (Å²) in [4.78, 5) is 6.94. The minimum Gasteiger partial charge on any atom is -0.338 e. The predicted molar refractivity (Wildman–Crippen MR) is 78.8 cm³/mol. The van der Waals surface area contributed by atoms with E-state index in [1.54, 1.807) is 0 Å². The quantitative estimate of drug-likeness (QED) is 0.916. The molecule has 2 aromatic heterocycles. The van der Waals surface area contributed by atoms with Gasteiger partial charge in [0, 0.05) is 12.6 Å². The van der Waals surface area contributed by atoms with Crippen molar-refractivity contribution < 1.29 is 4.52 Å². The number of rotatable bonds is 5. The number of aromatic nitrogens is 4. The molecule has 0 saturated carbocycles. The van der Waals surface area contributed by atoms with Crippen molar-refractivity contribution in [1.82, 2.24) is 25.2 Å². The van der Waals surface area contributed by atoms with E-state index in [1.807, 2.05) is 12.4 Å². The van der Waals surface area contributed by atoms with Crippen LogP contribution in [0.4, 0.5) is 0 Å². The van der Waals surface area contributed by atoms with Gasteiger partial charge in [0.05, 0.1) is 12.2 Å². The summed E-state index contributed by atoms with van der Waals surface area (Å²) in [6, 6.07) is 0.202. The maximum absolute atomic E-state index is 5.41. The molecule has 0 spiro atoms. The van der Waals surface area contributed by atoms with Crippen LogP contribution in [0.5, 0.6) is 0 Å². The first-order chi connectivity index (χ1) is 10.3. The molecule has 0 aliphatic carbocycles. The molecule has 21 heavy (non-hydrogen) atoms. The number of nitrogens with zero attached hydrogens (tertiary/aromatic N) is 4. The first-order valence-corrected chi connectivity index (χ1v) is 7.83. The summed E-state index contributed by atoms with van der Waals surface area (Å²) in [5.74, 6) is 2.19. The molecule has 1 N–H and O–H groups in total. The van der Waals surface area contributed by atoms with Crippen LogP contribution >= 0.6 is 0 Å². The van der Waals surface area contributed by atoms with Gasteiger partial charge in [-0.05, 0) is 50.8 Å². The molecule has 0 aromatic carbocycles. The number of hydrogen-bond donors (Lipinski definition) is 1. The van der Waals surface area contributed by atoms with E-state index in [9.17, 15) is 0 Å². The van der Waals surface area contributed by atoms with Crippen molar-refractivity contribution in [2.75, 3.05) is 13.1 Å². The molecule has 2 aromatic rings. The highest BCUT2D eigenvalue weighted by Gasteiger charge is 2.27. The summed E-state index contributed by atoms with van der Waals surface area (Å²) >= 11 is 0. The lowest BCUT2D eigenvalue weighted by atomic mass is 9.91. The molecule has 6 heteroatoms. The Labute approximate surface area is 124 Å². The lowest BCUT2D eigenvalue weighted by Gasteiger charge is -2.34. The smallest absolute Gasteiger partial charge is 0.243 e. The second-order valence-corrected chi connectivity index (χ2v) is 5.82. The summed E-state index contributed by atoms with van der Waals surface area (Å²) in [6.45, 7) is 6.40. The predicted octanol–water partition coefficient (Wildman–Crippen LogP) is 2.69. The van der Waals surface area contributed by atoms with Crippen molar-refractivity contribution in [3.63, 3.8) is 0 Å². The fraction of sp³-hybridized carbons (Fsp3) is 0.667. The summed E-state index contributed by atoms with van der Waals surface area (Å²) < 4.78 is 5.41. The zero-order valence-corrected chi connectivity index (χ0v) is 12.7. The fourth-order valence-corrected chi connectivity index (χ4v) is 3.02. The van der Waals surface area contributed by atoms with Crippen molar-refractivity contribution in [3.8, 4) is 0 Å². The molecule has 1 atom stereocenters. The summed E-state index contributed by atoms with van der Waals surface area (Å²) in [5, 5.41) is 11.0. The largest absolute Gasteiger partial charge is 0.338 e. The Bertz CT molecular complexity index is 542. The topological polar surface area (TPSA) is 70.8 Å². The van der Waals surface area contributed by atoms with Gasteiger partial charge in [0.15, 0.2) is 5.82 Å². The number of aromatic amines is 1. The van der Waals surface area contributed by atoms with Gasteiger partial charge in [-0.25, -0.2) is 0 Å². The lowest BCUT2D eigenvalue weighted by molar-refractivity contribution is 0.136. The molecule has 1 aliphatic heterocycles. The van der Waals surface area contributed by atoms with Crippen LogP contribution in [0.1, 0.15) is 62.3 Å². The standard InChI is InChI=1S/C15H23N5O/c1-3-4-14-18-15(21-19-14)11(2)20-7-5-12(6-8-20)13-9-16-17-10-13/h9-12H,3-8H2,1-2H3,(H,16,17)/t11-/m1/s1. The van der Waals surface area contributed by atoms with Crippen LogP contribution in [0.3, 0.4) is 0 Å². The summed E-state index contributed by atoms with van der Waals surface area (Å²) in [6.07, 6.45) is 8.19. The Morgan fingerprint density at radius 2 is 2.24 bits per heavy atom. The Balaban J connectivity index is 1.58. The Hall–Kier alpha value is -1.69. The van der Waals surface area contributed by atoms with Crippen molar-refractivity contribution in [2.45, 2.75) is 51.5 Å². The molecule has 3 heterocycles. The van der Waals surface area contributed by atoms with E-state index in [-0.39, 0.29) is 6.04 Å². The SMILES string of the molecule is CCCc1noc([C@@H](C)N2CCC(c3cn[nH]c3)CC2)n1. The number of nitrogens with one attached hydrogen (secondary N) is 1. The monoisotopic (exact) mass is 289 g/mol. The normalized spacial score (nSPS) is 19.0. The molecule has 6 nitrogen and oxygen atoms in total.